The molecular formula is C15H26N2O3. The van der Waals surface area contributed by atoms with Gasteiger partial charge < -0.3 is 15.3 Å². The lowest BCUT2D eigenvalue weighted by atomic mass is 9.82. The summed E-state index contributed by atoms with van der Waals surface area (Å²) in [5.41, 5.74) is 0. The molecule has 2 amide bonds. The fourth-order valence-electron chi connectivity index (χ4n) is 3.64. The van der Waals surface area contributed by atoms with Crippen LogP contribution >= 0.6 is 0 Å². The summed E-state index contributed by atoms with van der Waals surface area (Å²) in [6, 6.07) is 0.412. The van der Waals surface area contributed by atoms with E-state index in [9.17, 15) is 14.7 Å². The third kappa shape index (κ3) is 3.14. The van der Waals surface area contributed by atoms with Crippen molar-refractivity contribution in [2.75, 3.05) is 0 Å². The van der Waals surface area contributed by atoms with Crippen molar-refractivity contribution in [3.05, 3.63) is 0 Å². The molecular weight excluding hydrogens is 256 g/mol. The first-order valence-corrected chi connectivity index (χ1v) is 7.67. The number of aliphatic hydroxyl groups is 1. The Morgan fingerprint density at radius 2 is 1.70 bits per heavy atom. The minimum Gasteiger partial charge on any atom is -0.391 e. The Labute approximate surface area is 120 Å². The summed E-state index contributed by atoms with van der Waals surface area (Å²) in [4.78, 5) is 25.7. The molecule has 5 heteroatoms. The lowest BCUT2D eigenvalue weighted by Crippen LogP contribution is -2.50. The van der Waals surface area contributed by atoms with E-state index in [2.05, 4.69) is 19.2 Å². The molecule has 2 fully saturated rings. The SMILES string of the molecule is CC(=O)N[C@H]1CC[C@H](C(=O)N2[C@H](C)CC[C@@H]2C)C[C@@H]1O. The van der Waals surface area contributed by atoms with Gasteiger partial charge in [-0.2, -0.15) is 0 Å². The molecule has 0 aromatic rings. The van der Waals surface area contributed by atoms with Crippen LogP contribution in [-0.4, -0.2) is 46.1 Å². The molecule has 1 saturated carbocycles. The molecule has 0 radical (unpaired) electrons. The monoisotopic (exact) mass is 282 g/mol. The van der Waals surface area contributed by atoms with Crippen LogP contribution < -0.4 is 5.32 Å². The first kappa shape index (κ1) is 15.3. The maximum atomic E-state index is 12.6. The van der Waals surface area contributed by atoms with Gasteiger partial charge in [0, 0.05) is 24.9 Å². The van der Waals surface area contributed by atoms with Crippen molar-refractivity contribution in [2.45, 2.75) is 77.1 Å². The van der Waals surface area contributed by atoms with E-state index in [1.165, 1.54) is 6.92 Å². The molecule has 5 atom stereocenters. The molecule has 5 nitrogen and oxygen atoms in total. The molecule has 2 rings (SSSR count). The number of carbonyl (C=O) groups is 2. The van der Waals surface area contributed by atoms with Gasteiger partial charge in [0.05, 0.1) is 12.1 Å². The molecule has 1 aliphatic carbocycles. The molecule has 1 saturated heterocycles. The van der Waals surface area contributed by atoms with Gasteiger partial charge in [-0.3, -0.25) is 9.59 Å². The molecule has 114 valence electrons. The quantitative estimate of drug-likeness (QED) is 0.795. The number of nitrogens with zero attached hydrogens (tertiary/aromatic N) is 1. The summed E-state index contributed by atoms with van der Waals surface area (Å²) >= 11 is 0. The summed E-state index contributed by atoms with van der Waals surface area (Å²) in [6.07, 6.45) is 3.40. The van der Waals surface area contributed by atoms with Crippen LogP contribution in [0, 0.1) is 5.92 Å². The number of hydrogen-bond donors (Lipinski definition) is 2. The van der Waals surface area contributed by atoms with Gasteiger partial charge in [-0.25, -0.2) is 0 Å². The van der Waals surface area contributed by atoms with E-state index in [1.807, 2.05) is 4.90 Å². The number of likely N-dealkylation sites (tertiary alicyclic amines) is 1. The van der Waals surface area contributed by atoms with E-state index in [0.717, 1.165) is 19.3 Å². The van der Waals surface area contributed by atoms with E-state index >= 15 is 0 Å². The highest BCUT2D eigenvalue weighted by atomic mass is 16.3. The second-order valence-corrected chi connectivity index (χ2v) is 6.41. The number of amides is 2. The molecule has 0 unspecified atom stereocenters. The van der Waals surface area contributed by atoms with Crippen LogP contribution in [0.3, 0.4) is 0 Å². The lowest BCUT2D eigenvalue weighted by molar-refractivity contribution is -0.140. The van der Waals surface area contributed by atoms with Crippen molar-refractivity contribution in [1.82, 2.24) is 10.2 Å². The first-order valence-electron chi connectivity index (χ1n) is 7.67. The van der Waals surface area contributed by atoms with Crippen molar-refractivity contribution >= 4 is 11.8 Å². The summed E-state index contributed by atoms with van der Waals surface area (Å²) in [5, 5.41) is 12.9. The van der Waals surface area contributed by atoms with E-state index in [-0.39, 0.29) is 23.8 Å². The maximum Gasteiger partial charge on any atom is 0.226 e. The van der Waals surface area contributed by atoms with Crippen LogP contribution in [0.2, 0.25) is 0 Å². The van der Waals surface area contributed by atoms with Crippen LogP contribution in [0.15, 0.2) is 0 Å². The van der Waals surface area contributed by atoms with Gasteiger partial charge in [0.1, 0.15) is 0 Å². The minimum atomic E-state index is -0.616. The zero-order valence-corrected chi connectivity index (χ0v) is 12.6. The fourth-order valence-corrected chi connectivity index (χ4v) is 3.64. The van der Waals surface area contributed by atoms with Crippen molar-refractivity contribution < 1.29 is 14.7 Å². The van der Waals surface area contributed by atoms with E-state index in [0.29, 0.717) is 24.9 Å². The number of rotatable bonds is 2. The molecule has 2 aliphatic rings. The maximum absolute atomic E-state index is 12.6. The normalized spacial score (nSPS) is 37.8. The van der Waals surface area contributed by atoms with Crippen molar-refractivity contribution in [2.24, 2.45) is 5.92 Å². The highest BCUT2D eigenvalue weighted by Crippen LogP contribution is 2.31. The largest absolute Gasteiger partial charge is 0.391 e. The van der Waals surface area contributed by atoms with Gasteiger partial charge >= 0.3 is 0 Å². The Morgan fingerprint density at radius 3 is 2.20 bits per heavy atom. The van der Waals surface area contributed by atoms with E-state index in [4.69, 9.17) is 0 Å². The smallest absolute Gasteiger partial charge is 0.226 e. The van der Waals surface area contributed by atoms with Crippen LogP contribution in [0.4, 0.5) is 0 Å². The zero-order valence-electron chi connectivity index (χ0n) is 12.6. The molecule has 0 spiro atoms. The predicted molar refractivity (Wildman–Crippen MR) is 76.0 cm³/mol. The first-order chi connectivity index (χ1) is 9.40. The highest BCUT2D eigenvalue weighted by Gasteiger charge is 2.39. The average Bonchev–Trinajstić information content (AvgIpc) is 2.70. The second-order valence-electron chi connectivity index (χ2n) is 6.41. The van der Waals surface area contributed by atoms with Gasteiger partial charge in [0.15, 0.2) is 0 Å². The zero-order chi connectivity index (χ0) is 14.9. The van der Waals surface area contributed by atoms with Crippen molar-refractivity contribution in [3.8, 4) is 0 Å². The Bertz CT molecular complexity index is 375. The minimum absolute atomic E-state index is 0.0991. The van der Waals surface area contributed by atoms with Gasteiger partial charge in [0.2, 0.25) is 11.8 Å². The van der Waals surface area contributed by atoms with Gasteiger partial charge in [-0.15, -0.1) is 0 Å². The van der Waals surface area contributed by atoms with E-state index in [1.54, 1.807) is 0 Å². The molecule has 20 heavy (non-hydrogen) atoms. The Morgan fingerprint density at radius 1 is 1.10 bits per heavy atom. The van der Waals surface area contributed by atoms with Gasteiger partial charge in [-0.05, 0) is 46.0 Å². The van der Waals surface area contributed by atoms with Crippen LogP contribution in [0.25, 0.3) is 0 Å². The lowest BCUT2D eigenvalue weighted by Gasteiger charge is -2.36. The molecule has 2 N–H and O–H groups in total. The topological polar surface area (TPSA) is 69.6 Å². The molecule has 0 aromatic heterocycles. The van der Waals surface area contributed by atoms with Gasteiger partial charge in [0.25, 0.3) is 0 Å². The number of nitrogens with one attached hydrogen (secondary N) is 1. The Balaban J connectivity index is 1.95. The van der Waals surface area contributed by atoms with E-state index < -0.39 is 6.10 Å². The predicted octanol–water partition coefficient (Wildman–Crippen LogP) is 1.05. The van der Waals surface area contributed by atoms with Crippen LogP contribution in [-0.2, 0) is 9.59 Å². The number of aliphatic hydroxyl groups excluding tert-OH is 1. The Hall–Kier alpha value is -1.10. The number of carbonyl (C=O) groups excluding carboxylic acids is 2. The third-order valence-corrected chi connectivity index (χ3v) is 4.76. The average molecular weight is 282 g/mol. The summed E-state index contributed by atoms with van der Waals surface area (Å²) in [6.45, 7) is 5.65. The standard InChI is InChI=1S/C15H26N2O3/c1-9-4-5-10(2)17(9)15(20)12-6-7-13(14(19)8-12)16-11(3)18/h9-10,12-14,19H,4-8H2,1-3H3,(H,16,18)/t9-,10+,12-,13-,14-/m0/s1. The fraction of sp³-hybridized carbons (Fsp3) is 0.867. The van der Waals surface area contributed by atoms with Crippen LogP contribution in [0.5, 0.6) is 0 Å². The molecule has 1 aliphatic heterocycles. The molecule has 0 aromatic carbocycles. The highest BCUT2D eigenvalue weighted by molar-refractivity contribution is 5.80. The molecule has 1 heterocycles. The van der Waals surface area contributed by atoms with Crippen molar-refractivity contribution in [3.63, 3.8) is 0 Å². The second kappa shape index (κ2) is 6.12. The summed E-state index contributed by atoms with van der Waals surface area (Å²) in [5.74, 6) is -0.0403. The number of hydrogen-bond acceptors (Lipinski definition) is 3. The molecule has 0 bridgehead atoms. The Kier molecular flexibility index (Phi) is 4.68. The summed E-state index contributed by atoms with van der Waals surface area (Å²) < 4.78 is 0. The van der Waals surface area contributed by atoms with Crippen LogP contribution in [0.1, 0.15) is 52.9 Å². The van der Waals surface area contributed by atoms with Crippen molar-refractivity contribution in [1.29, 1.82) is 0 Å². The summed E-state index contributed by atoms with van der Waals surface area (Å²) in [7, 11) is 0. The third-order valence-electron chi connectivity index (χ3n) is 4.76. The van der Waals surface area contributed by atoms with Gasteiger partial charge in [-0.1, -0.05) is 0 Å².